The maximum Gasteiger partial charge on any atom is 0.126 e. The molecule has 2 N–H and O–H groups in total. The van der Waals surface area contributed by atoms with E-state index >= 15 is 0 Å². The molecular formula is C9H8O2. The van der Waals surface area contributed by atoms with Crippen LogP contribution in [0.4, 0.5) is 0 Å². The summed E-state index contributed by atoms with van der Waals surface area (Å²) < 4.78 is 0. The van der Waals surface area contributed by atoms with Gasteiger partial charge in [0.1, 0.15) is 11.5 Å². The second-order valence-corrected chi connectivity index (χ2v) is 2.72. The monoisotopic (exact) mass is 148 g/mol. The number of fused-ring (bicyclic) bond motifs is 1. The van der Waals surface area contributed by atoms with E-state index in [9.17, 15) is 10.2 Å². The Morgan fingerprint density at radius 1 is 1.09 bits per heavy atom. The topological polar surface area (TPSA) is 40.5 Å². The van der Waals surface area contributed by atoms with Crippen LogP contribution < -0.4 is 0 Å². The summed E-state index contributed by atoms with van der Waals surface area (Å²) in [4.78, 5) is 0. The normalized spacial score (nSPS) is 12.5. The molecule has 0 bridgehead atoms. The first kappa shape index (κ1) is 6.28. The van der Waals surface area contributed by atoms with E-state index in [1.165, 1.54) is 0 Å². The molecule has 2 rings (SSSR count). The van der Waals surface area contributed by atoms with Crippen LogP contribution in [0.5, 0.6) is 11.5 Å². The van der Waals surface area contributed by atoms with Crippen LogP contribution in [0.3, 0.4) is 0 Å². The Morgan fingerprint density at radius 3 is 2.27 bits per heavy atom. The first-order chi connectivity index (χ1) is 5.20. The van der Waals surface area contributed by atoms with Gasteiger partial charge in [-0.15, -0.1) is 0 Å². The Morgan fingerprint density at radius 2 is 1.73 bits per heavy atom. The molecule has 0 saturated carbocycles. The molecule has 0 amide bonds. The molecule has 11 heavy (non-hydrogen) atoms. The van der Waals surface area contributed by atoms with Crippen molar-refractivity contribution in [3.63, 3.8) is 0 Å². The third kappa shape index (κ3) is 0.664. The fraction of sp³-hybridized carbons (Fsp3) is 0.111. The van der Waals surface area contributed by atoms with E-state index in [-0.39, 0.29) is 11.5 Å². The zero-order chi connectivity index (χ0) is 8.01. The molecule has 0 aromatic heterocycles. The number of hydrogen-bond donors (Lipinski definition) is 2. The van der Waals surface area contributed by atoms with Crippen LogP contribution in [0.25, 0.3) is 12.2 Å². The summed E-state index contributed by atoms with van der Waals surface area (Å²) in [6.07, 6.45) is 3.57. The highest BCUT2D eigenvalue weighted by atomic mass is 16.3. The summed E-state index contributed by atoms with van der Waals surface area (Å²) in [7, 11) is 0. The van der Waals surface area contributed by atoms with E-state index in [4.69, 9.17) is 0 Å². The largest absolute Gasteiger partial charge is 0.507 e. The minimum Gasteiger partial charge on any atom is -0.507 e. The molecule has 1 aliphatic rings. The van der Waals surface area contributed by atoms with Crippen LogP contribution >= 0.6 is 0 Å². The molecule has 1 aromatic carbocycles. The number of phenols is 2. The lowest BCUT2D eigenvalue weighted by atomic mass is 9.93. The van der Waals surface area contributed by atoms with Gasteiger partial charge in [-0.2, -0.15) is 0 Å². The number of aryl methyl sites for hydroxylation is 1. The van der Waals surface area contributed by atoms with Gasteiger partial charge in [0, 0.05) is 11.1 Å². The van der Waals surface area contributed by atoms with E-state index in [0.29, 0.717) is 5.56 Å². The number of aromatic hydroxyl groups is 2. The summed E-state index contributed by atoms with van der Waals surface area (Å²) in [5.41, 5.74) is 2.21. The lowest BCUT2D eigenvalue weighted by molar-refractivity contribution is 0.453. The molecule has 0 saturated heterocycles. The van der Waals surface area contributed by atoms with Gasteiger partial charge in [0.25, 0.3) is 0 Å². The third-order valence-electron chi connectivity index (χ3n) is 1.96. The highest BCUT2D eigenvalue weighted by Crippen LogP contribution is 2.40. The molecule has 1 aromatic rings. The van der Waals surface area contributed by atoms with Crippen molar-refractivity contribution in [3.8, 4) is 11.5 Å². The van der Waals surface area contributed by atoms with Crippen molar-refractivity contribution in [1.29, 1.82) is 0 Å². The van der Waals surface area contributed by atoms with E-state index in [0.717, 1.165) is 11.1 Å². The number of rotatable bonds is 0. The van der Waals surface area contributed by atoms with Crippen molar-refractivity contribution in [2.75, 3.05) is 0 Å². The quantitative estimate of drug-likeness (QED) is 0.560. The molecule has 0 atom stereocenters. The van der Waals surface area contributed by atoms with Gasteiger partial charge in [0.05, 0.1) is 0 Å². The maximum atomic E-state index is 9.40. The van der Waals surface area contributed by atoms with Crippen LogP contribution in [0.15, 0.2) is 6.07 Å². The lowest BCUT2D eigenvalue weighted by Gasteiger charge is -2.15. The number of hydrogen-bond acceptors (Lipinski definition) is 2. The van der Waals surface area contributed by atoms with Crippen LogP contribution in [-0.4, -0.2) is 10.2 Å². The lowest BCUT2D eigenvalue weighted by Crippen LogP contribution is -1.92. The fourth-order valence-corrected chi connectivity index (χ4v) is 1.24. The van der Waals surface area contributed by atoms with E-state index in [2.05, 4.69) is 0 Å². The highest BCUT2D eigenvalue weighted by Gasteiger charge is 2.16. The maximum absolute atomic E-state index is 9.40. The van der Waals surface area contributed by atoms with Gasteiger partial charge >= 0.3 is 0 Å². The molecule has 0 heterocycles. The predicted octanol–water partition coefficient (Wildman–Crippen LogP) is 1.89. The summed E-state index contributed by atoms with van der Waals surface area (Å²) in [5.74, 6) is 0.526. The van der Waals surface area contributed by atoms with Crippen molar-refractivity contribution in [1.82, 2.24) is 0 Å². The molecule has 1 aliphatic carbocycles. The minimum absolute atomic E-state index is 0.248. The molecule has 56 valence electrons. The van der Waals surface area contributed by atoms with Gasteiger partial charge in [-0.25, -0.2) is 0 Å². The van der Waals surface area contributed by atoms with Crippen molar-refractivity contribution in [2.24, 2.45) is 0 Å². The number of phenolic OH excluding ortho intramolecular Hbond substituents is 2. The highest BCUT2D eigenvalue weighted by molar-refractivity contribution is 5.91. The Hall–Kier alpha value is -1.44. The average Bonchev–Trinajstić information content (AvgIpc) is 1.81. The third-order valence-corrected chi connectivity index (χ3v) is 1.96. The van der Waals surface area contributed by atoms with Gasteiger partial charge in [0.15, 0.2) is 0 Å². The molecule has 0 aliphatic heterocycles. The summed E-state index contributed by atoms with van der Waals surface area (Å²) in [6.45, 7) is 1.77. The smallest absolute Gasteiger partial charge is 0.126 e. The van der Waals surface area contributed by atoms with Crippen molar-refractivity contribution >= 4 is 12.2 Å². The predicted molar refractivity (Wildman–Crippen MR) is 43.4 cm³/mol. The average molecular weight is 148 g/mol. The molecule has 0 unspecified atom stereocenters. The van der Waals surface area contributed by atoms with Gasteiger partial charge in [-0.05, 0) is 30.7 Å². The molecule has 2 heteroatoms. The van der Waals surface area contributed by atoms with Crippen molar-refractivity contribution < 1.29 is 10.2 Å². The zero-order valence-electron chi connectivity index (χ0n) is 6.13. The summed E-state index contributed by atoms with van der Waals surface area (Å²) >= 11 is 0. The molecule has 0 spiro atoms. The van der Waals surface area contributed by atoms with Crippen LogP contribution in [-0.2, 0) is 0 Å². The van der Waals surface area contributed by atoms with Gasteiger partial charge < -0.3 is 10.2 Å². The molecule has 0 fully saturated rings. The second-order valence-electron chi connectivity index (χ2n) is 2.72. The van der Waals surface area contributed by atoms with E-state index in [1.807, 2.05) is 0 Å². The van der Waals surface area contributed by atoms with Gasteiger partial charge in [0.2, 0.25) is 0 Å². The van der Waals surface area contributed by atoms with E-state index in [1.54, 1.807) is 25.1 Å². The van der Waals surface area contributed by atoms with Crippen molar-refractivity contribution in [2.45, 2.75) is 6.92 Å². The molecule has 0 radical (unpaired) electrons. The minimum atomic E-state index is 0.248. The van der Waals surface area contributed by atoms with Gasteiger partial charge in [-0.1, -0.05) is 0 Å². The SMILES string of the molecule is Cc1cc(O)c2c(c1O)C=C2. The molecular weight excluding hydrogens is 140 g/mol. The van der Waals surface area contributed by atoms with Crippen LogP contribution in [0.2, 0.25) is 0 Å². The number of benzene rings is 1. The van der Waals surface area contributed by atoms with Crippen LogP contribution in [0, 0.1) is 6.92 Å². The zero-order valence-corrected chi connectivity index (χ0v) is 6.13. The Balaban J connectivity index is 2.75. The Kier molecular flexibility index (Phi) is 1.02. The van der Waals surface area contributed by atoms with Gasteiger partial charge in [-0.3, -0.25) is 0 Å². The first-order valence-corrected chi connectivity index (χ1v) is 3.44. The summed E-state index contributed by atoms with van der Waals surface area (Å²) in [6, 6.07) is 1.57. The Bertz CT molecular complexity index is 351. The van der Waals surface area contributed by atoms with Crippen LogP contribution in [0.1, 0.15) is 16.7 Å². The first-order valence-electron chi connectivity index (χ1n) is 3.44. The Labute approximate surface area is 64.4 Å². The van der Waals surface area contributed by atoms with Crippen molar-refractivity contribution in [3.05, 3.63) is 22.8 Å². The summed E-state index contributed by atoms with van der Waals surface area (Å²) in [5, 5.41) is 18.7. The fourth-order valence-electron chi connectivity index (χ4n) is 1.24. The molecule has 2 nitrogen and oxygen atoms in total. The second kappa shape index (κ2) is 1.78. The van der Waals surface area contributed by atoms with E-state index < -0.39 is 0 Å². The standard InChI is InChI=1S/C9H8O2/c1-5-4-8(10)6-2-3-7(6)9(5)11/h2-4,10-11H,1H3.